The standard InChI is InChI=1S/C22H22Cl2O2/c1-22(2)18(14-20(23)24)21(22)19(25)12-11-15-7-6-10-17(13-15)26-16-8-4-3-5-9-16/h3-10,13-14,18,21H,11-12H2,1-2H3. The van der Waals surface area contributed by atoms with E-state index in [2.05, 4.69) is 13.8 Å². The first-order valence-electron chi connectivity index (χ1n) is 8.75. The predicted octanol–water partition coefficient (Wildman–Crippen LogP) is 6.57. The molecule has 0 radical (unpaired) electrons. The molecule has 0 bridgehead atoms. The van der Waals surface area contributed by atoms with Crippen LogP contribution in [0.15, 0.2) is 65.2 Å². The minimum absolute atomic E-state index is 0.00116. The number of hydrogen-bond donors (Lipinski definition) is 0. The molecule has 2 nitrogen and oxygen atoms in total. The topological polar surface area (TPSA) is 26.3 Å². The fourth-order valence-electron chi connectivity index (χ4n) is 3.55. The van der Waals surface area contributed by atoms with E-state index in [0.29, 0.717) is 12.8 Å². The van der Waals surface area contributed by atoms with Crippen LogP contribution in [0, 0.1) is 17.3 Å². The number of allylic oxidation sites excluding steroid dienone is 1. The van der Waals surface area contributed by atoms with Gasteiger partial charge >= 0.3 is 0 Å². The van der Waals surface area contributed by atoms with Gasteiger partial charge in [0.25, 0.3) is 0 Å². The third-order valence-electron chi connectivity index (χ3n) is 5.10. The molecule has 3 rings (SSSR count). The zero-order valence-electron chi connectivity index (χ0n) is 14.9. The summed E-state index contributed by atoms with van der Waals surface area (Å²) >= 11 is 11.5. The summed E-state index contributed by atoms with van der Waals surface area (Å²) in [6.07, 6.45) is 3.00. The number of halogens is 2. The maximum atomic E-state index is 12.6. The molecule has 4 heteroatoms. The number of carbonyl (C=O) groups excluding carboxylic acids is 1. The van der Waals surface area contributed by atoms with Crippen molar-refractivity contribution in [3.05, 3.63) is 70.7 Å². The normalized spacial score (nSPS) is 20.3. The number of ether oxygens (including phenoxy) is 1. The summed E-state index contributed by atoms with van der Waals surface area (Å²) in [4.78, 5) is 12.6. The molecule has 0 N–H and O–H groups in total. The number of aryl methyl sites for hydroxylation is 1. The molecule has 0 spiro atoms. The molecule has 1 fully saturated rings. The Morgan fingerprint density at radius 2 is 1.77 bits per heavy atom. The molecule has 0 heterocycles. The van der Waals surface area contributed by atoms with Gasteiger partial charge in [-0.3, -0.25) is 4.79 Å². The molecule has 0 aromatic heterocycles. The lowest BCUT2D eigenvalue weighted by Crippen LogP contribution is -2.07. The second-order valence-electron chi connectivity index (χ2n) is 7.31. The van der Waals surface area contributed by atoms with Gasteiger partial charge in [0.1, 0.15) is 21.8 Å². The third kappa shape index (κ3) is 4.49. The van der Waals surface area contributed by atoms with Crippen molar-refractivity contribution in [1.82, 2.24) is 0 Å². The lowest BCUT2D eigenvalue weighted by molar-refractivity contribution is -0.121. The van der Waals surface area contributed by atoms with Crippen LogP contribution in [0.5, 0.6) is 11.5 Å². The average Bonchev–Trinajstić information content (AvgIpc) is 3.13. The van der Waals surface area contributed by atoms with E-state index in [9.17, 15) is 4.79 Å². The van der Waals surface area contributed by atoms with Crippen LogP contribution in [0.2, 0.25) is 0 Å². The molecular weight excluding hydrogens is 367 g/mol. The number of carbonyl (C=O) groups is 1. The SMILES string of the molecule is CC1(C)C(C=C(Cl)Cl)C1C(=O)CCc1cccc(Oc2ccccc2)c1. The molecule has 1 saturated carbocycles. The molecule has 0 saturated heterocycles. The number of ketones is 1. The van der Waals surface area contributed by atoms with E-state index in [-0.39, 0.29) is 27.5 Å². The number of hydrogen-bond acceptors (Lipinski definition) is 2. The summed E-state index contributed by atoms with van der Waals surface area (Å²) in [7, 11) is 0. The third-order valence-corrected chi connectivity index (χ3v) is 5.35. The second-order valence-corrected chi connectivity index (χ2v) is 8.32. The highest BCUT2D eigenvalue weighted by molar-refractivity contribution is 6.55. The molecule has 26 heavy (non-hydrogen) atoms. The van der Waals surface area contributed by atoms with Crippen LogP contribution in [0.25, 0.3) is 0 Å². The summed E-state index contributed by atoms with van der Waals surface area (Å²) in [5.41, 5.74) is 1.03. The van der Waals surface area contributed by atoms with Gasteiger partial charge in [0.05, 0.1) is 0 Å². The first-order chi connectivity index (χ1) is 12.4. The highest BCUT2D eigenvalue weighted by atomic mass is 35.5. The Balaban J connectivity index is 1.59. The minimum atomic E-state index is -0.0651. The number of para-hydroxylation sites is 1. The maximum Gasteiger partial charge on any atom is 0.137 e. The molecule has 1 aliphatic rings. The predicted molar refractivity (Wildman–Crippen MR) is 107 cm³/mol. The molecule has 0 aliphatic heterocycles. The van der Waals surface area contributed by atoms with Crippen molar-refractivity contribution in [2.45, 2.75) is 26.7 Å². The summed E-state index contributed by atoms with van der Waals surface area (Å²) in [6, 6.07) is 17.6. The van der Waals surface area contributed by atoms with Gasteiger partial charge in [-0.2, -0.15) is 0 Å². The van der Waals surface area contributed by atoms with Crippen molar-refractivity contribution in [3.8, 4) is 11.5 Å². The minimum Gasteiger partial charge on any atom is -0.457 e. The van der Waals surface area contributed by atoms with E-state index in [4.69, 9.17) is 27.9 Å². The van der Waals surface area contributed by atoms with Crippen LogP contribution in [-0.2, 0) is 11.2 Å². The summed E-state index contributed by atoms with van der Waals surface area (Å²) < 4.78 is 6.10. The van der Waals surface area contributed by atoms with Crippen LogP contribution in [0.3, 0.4) is 0 Å². The first kappa shape index (κ1) is 19.0. The summed E-state index contributed by atoms with van der Waals surface area (Å²) in [6.45, 7) is 4.17. The Morgan fingerprint density at radius 1 is 1.08 bits per heavy atom. The fourth-order valence-corrected chi connectivity index (χ4v) is 3.82. The molecule has 1 aliphatic carbocycles. The van der Waals surface area contributed by atoms with Gasteiger partial charge in [0.2, 0.25) is 0 Å². The van der Waals surface area contributed by atoms with Crippen LogP contribution in [-0.4, -0.2) is 5.78 Å². The van der Waals surface area contributed by atoms with E-state index >= 15 is 0 Å². The zero-order chi connectivity index (χ0) is 18.7. The highest BCUT2D eigenvalue weighted by Crippen LogP contribution is 2.60. The molecule has 0 amide bonds. The highest BCUT2D eigenvalue weighted by Gasteiger charge is 2.59. The Morgan fingerprint density at radius 3 is 2.46 bits per heavy atom. The van der Waals surface area contributed by atoms with Crippen molar-refractivity contribution in [1.29, 1.82) is 0 Å². The van der Waals surface area contributed by atoms with Crippen molar-refractivity contribution >= 4 is 29.0 Å². The molecule has 2 unspecified atom stereocenters. The smallest absolute Gasteiger partial charge is 0.137 e. The van der Waals surface area contributed by atoms with Crippen molar-refractivity contribution in [3.63, 3.8) is 0 Å². The van der Waals surface area contributed by atoms with Gasteiger partial charge in [0, 0.05) is 12.3 Å². The van der Waals surface area contributed by atoms with Gasteiger partial charge < -0.3 is 4.74 Å². The second kappa shape index (κ2) is 7.85. The summed E-state index contributed by atoms with van der Waals surface area (Å²) in [5, 5.41) is 0. The molecular formula is C22H22Cl2O2. The number of rotatable bonds is 7. The number of Topliss-reactive ketones (excluding diaryl/α,β-unsaturated/α-hetero) is 1. The molecule has 2 atom stereocenters. The lowest BCUT2D eigenvalue weighted by atomic mass is 10.0. The van der Waals surface area contributed by atoms with Gasteiger partial charge in [0.15, 0.2) is 0 Å². The fraction of sp³-hybridized carbons (Fsp3) is 0.318. The summed E-state index contributed by atoms with van der Waals surface area (Å²) in [5.74, 6) is 1.97. The van der Waals surface area contributed by atoms with Crippen molar-refractivity contribution < 1.29 is 9.53 Å². The quantitative estimate of drug-likeness (QED) is 0.535. The lowest BCUT2D eigenvalue weighted by Gasteiger charge is -2.08. The van der Waals surface area contributed by atoms with Crippen molar-refractivity contribution in [2.75, 3.05) is 0 Å². The van der Waals surface area contributed by atoms with Gasteiger partial charge in [-0.25, -0.2) is 0 Å². The van der Waals surface area contributed by atoms with E-state index in [0.717, 1.165) is 17.1 Å². The Bertz CT molecular complexity index is 808. The van der Waals surface area contributed by atoms with E-state index in [1.165, 1.54) is 0 Å². The molecule has 136 valence electrons. The number of benzene rings is 2. The Hall–Kier alpha value is -1.77. The van der Waals surface area contributed by atoms with Gasteiger partial charge in [-0.1, -0.05) is 67.4 Å². The van der Waals surface area contributed by atoms with Crippen molar-refractivity contribution in [2.24, 2.45) is 17.3 Å². The van der Waals surface area contributed by atoms with Gasteiger partial charge in [-0.15, -0.1) is 0 Å². The van der Waals surface area contributed by atoms with E-state index in [1.807, 2.05) is 54.6 Å². The monoisotopic (exact) mass is 388 g/mol. The van der Waals surface area contributed by atoms with Crippen LogP contribution in [0.1, 0.15) is 25.8 Å². The average molecular weight is 389 g/mol. The van der Waals surface area contributed by atoms with Gasteiger partial charge in [-0.05, 0) is 53.7 Å². The maximum absolute atomic E-state index is 12.6. The molecule has 2 aromatic rings. The van der Waals surface area contributed by atoms with E-state index < -0.39 is 0 Å². The Kier molecular flexibility index (Phi) is 5.74. The van der Waals surface area contributed by atoms with Crippen LogP contribution >= 0.6 is 23.2 Å². The Labute approximate surface area is 164 Å². The first-order valence-corrected chi connectivity index (χ1v) is 9.51. The van der Waals surface area contributed by atoms with E-state index in [1.54, 1.807) is 6.08 Å². The van der Waals surface area contributed by atoms with Crippen LogP contribution < -0.4 is 4.74 Å². The zero-order valence-corrected chi connectivity index (χ0v) is 16.4. The largest absolute Gasteiger partial charge is 0.457 e. The van der Waals surface area contributed by atoms with Crippen LogP contribution in [0.4, 0.5) is 0 Å². The molecule has 2 aromatic carbocycles.